The molecule has 0 saturated heterocycles. The van der Waals surface area contributed by atoms with Gasteiger partial charge in [-0.15, -0.1) is 0 Å². The van der Waals surface area contributed by atoms with E-state index in [1.54, 1.807) is 41.3 Å². The zero-order valence-corrected chi connectivity index (χ0v) is 17.0. The normalized spacial score (nSPS) is 14.8. The second kappa shape index (κ2) is 9.17. The molecule has 1 atom stereocenters. The van der Waals surface area contributed by atoms with Crippen LogP contribution in [0.1, 0.15) is 40.2 Å². The van der Waals surface area contributed by atoms with Crippen LogP contribution in [0.3, 0.4) is 0 Å². The topological polar surface area (TPSA) is 96.4 Å². The zero-order valence-electron chi connectivity index (χ0n) is 15.5. The molecule has 29 heavy (non-hydrogen) atoms. The number of para-hydroxylation sites is 1. The number of hydrogen-bond acceptors (Lipinski definition) is 4. The van der Waals surface area contributed by atoms with E-state index in [2.05, 4.69) is 6.07 Å². The molecule has 3 rings (SSSR count). The number of carbonyl (C=O) groups excluding carboxylic acids is 2. The van der Waals surface area contributed by atoms with Gasteiger partial charge >= 0.3 is 0 Å². The highest BCUT2D eigenvalue weighted by atomic mass is 35.5. The van der Waals surface area contributed by atoms with Crippen molar-refractivity contribution in [3.05, 3.63) is 63.1 Å². The van der Waals surface area contributed by atoms with Crippen molar-refractivity contribution in [3.63, 3.8) is 0 Å². The summed E-state index contributed by atoms with van der Waals surface area (Å²) in [7, 11) is 0. The molecule has 0 fully saturated rings. The lowest BCUT2D eigenvalue weighted by molar-refractivity contribution is -0.118. The van der Waals surface area contributed by atoms with Gasteiger partial charge in [-0.3, -0.25) is 9.59 Å². The van der Waals surface area contributed by atoms with E-state index in [9.17, 15) is 14.9 Å². The summed E-state index contributed by atoms with van der Waals surface area (Å²) in [5.41, 5.74) is 6.87. The highest BCUT2D eigenvalue weighted by Crippen LogP contribution is 2.31. The lowest BCUT2D eigenvalue weighted by atomic mass is 9.94. The SMILES string of the molecule is N#Cc1cccc2c1OCCCN(C[C@@H](CC(N)=O)c1ccc(Cl)c(Cl)c1)C2=O. The van der Waals surface area contributed by atoms with Gasteiger partial charge in [0, 0.05) is 25.4 Å². The molecule has 150 valence electrons. The number of hydrogen-bond donors (Lipinski definition) is 1. The van der Waals surface area contributed by atoms with Gasteiger partial charge in [-0.2, -0.15) is 5.26 Å². The molecule has 1 aliphatic heterocycles. The first-order valence-corrected chi connectivity index (χ1v) is 9.84. The maximum absolute atomic E-state index is 13.2. The van der Waals surface area contributed by atoms with Gasteiger partial charge in [-0.1, -0.05) is 35.3 Å². The number of nitrogens with two attached hydrogens (primary N) is 1. The van der Waals surface area contributed by atoms with Crippen LogP contribution < -0.4 is 10.5 Å². The molecule has 2 aromatic rings. The fraction of sp³-hybridized carbons (Fsp3) is 0.286. The summed E-state index contributed by atoms with van der Waals surface area (Å²) < 4.78 is 5.68. The van der Waals surface area contributed by atoms with E-state index in [0.29, 0.717) is 46.5 Å². The van der Waals surface area contributed by atoms with Crippen molar-refractivity contribution in [2.24, 2.45) is 5.73 Å². The molecule has 0 unspecified atom stereocenters. The van der Waals surface area contributed by atoms with Crippen LogP contribution >= 0.6 is 23.2 Å². The molecule has 1 heterocycles. The summed E-state index contributed by atoms with van der Waals surface area (Å²) in [5.74, 6) is -0.776. The Bertz CT molecular complexity index is 988. The molecular formula is C21H19Cl2N3O3. The number of halogens is 2. The molecule has 1 aliphatic rings. The Labute approximate surface area is 178 Å². The minimum Gasteiger partial charge on any atom is -0.491 e. The third-order valence-electron chi connectivity index (χ3n) is 4.78. The predicted molar refractivity (Wildman–Crippen MR) is 110 cm³/mol. The van der Waals surface area contributed by atoms with Crippen molar-refractivity contribution < 1.29 is 14.3 Å². The van der Waals surface area contributed by atoms with Crippen LogP contribution in [0.5, 0.6) is 5.75 Å². The second-order valence-electron chi connectivity index (χ2n) is 6.79. The van der Waals surface area contributed by atoms with Crippen LogP contribution in [0, 0.1) is 11.3 Å². The number of nitrogens with zero attached hydrogens (tertiary/aromatic N) is 2. The van der Waals surface area contributed by atoms with E-state index in [-0.39, 0.29) is 24.8 Å². The van der Waals surface area contributed by atoms with E-state index in [1.165, 1.54) is 0 Å². The largest absolute Gasteiger partial charge is 0.491 e. The number of rotatable bonds is 5. The van der Waals surface area contributed by atoms with E-state index in [1.807, 2.05) is 0 Å². The standard InChI is InChI=1S/C21H19Cl2N3O3/c22-17-6-5-13(9-18(17)23)15(10-19(25)27)12-26-7-2-8-29-20-14(11-24)3-1-4-16(20)21(26)28/h1,3-6,9,15H,2,7-8,10,12H2,(H2,25,27)/t15-/m1/s1. The van der Waals surface area contributed by atoms with Crippen LogP contribution in [0.2, 0.25) is 10.0 Å². The predicted octanol–water partition coefficient (Wildman–Crippen LogP) is 3.75. The quantitative estimate of drug-likeness (QED) is 0.779. The van der Waals surface area contributed by atoms with Crippen molar-refractivity contribution in [1.29, 1.82) is 5.26 Å². The minimum absolute atomic E-state index is 0.0589. The van der Waals surface area contributed by atoms with E-state index >= 15 is 0 Å². The maximum atomic E-state index is 13.2. The van der Waals surface area contributed by atoms with Gasteiger partial charge in [0.1, 0.15) is 11.8 Å². The van der Waals surface area contributed by atoms with Crippen molar-refractivity contribution >= 4 is 35.0 Å². The van der Waals surface area contributed by atoms with Crippen molar-refractivity contribution in [3.8, 4) is 11.8 Å². The smallest absolute Gasteiger partial charge is 0.257 e. The Hall–Kier alpha value is -2.75. The Balaban J connectivity index is 1.94. The van der Waals surface area contributed by atoms with Gasteiger partial charge in [0.15, 0.2) is 0 Å². The number of amides is 2. The third kappa shape index (κ3) is 4.81. The Morgan fingerprint density at radius 1 is 1.28 bits per heavy atom. The van der Waals surface area contributed by atoms with Crippen molar-refractivity contribution in [2.75, 3.05) is 19.7 Å². The molecule has 0 aromatic heterocycles. The lowest BCUT2D eigenvalue weighted by Crippen LogP contribution is -2.38. The first-order chi connectivity index (χ1) is 13.9. The van der Waals surface area contributed by atoms with E-state index in [4.69, 9.17) is 33.7 Å². The molecule has 8 heteroatoms. The Morgan fingerprint density at radius 3 is 2.76 bits per heavy atom. The first-order valence-electron chi connectivity index (χ1n) is 9.09. The molecule has 0 aliphatic carbocycles. The van der Waals surface area contributed by atoms with E-state index < -0.39 is 5.91 Å². The molecule has 0 spiro atoms. The molecule has 2 amide bonds. The van der Waals surface area contributed by atoms with Crippen LogP contribution in [-0.4, -0.2) is 36.4 Å². The third-order valence-corrected chi connectivity index (χ3v) is 5.51. The van der Waals surface area contributed by atoms with Crippen LogP contribution in [0.4, 0.5) is 0 Å². The molecule has 0 bridgehead atoms. The zero-order chi connectivity index (χ0) is 21.0. The number of benzene rings is 2. The minimum atomic E-state index is -0.476. The van der Waals surface area contributed by atoms with Gasteiger partial charge in [-0.25, -0.2) is 0 Å². The van der Waals surface area contributed by atoms with Crippen molar-refractivity contribution in [2.45, 2.75) is 18.8 Å². The molecule has 0 saturated carbocycles. The number of ether oxygens (including phenoxy) is 1. The average Bonchev–Trinajstić information content (AvgIpc) is 2.69. The second-order valence-corrected chi connectivity index (χ2v) is 7.60. The van der Waals surface area contributed by atoms with Gasteiger partial charge in [0.25, 0.3) is 5.91 Å². The highest BCUT2D eigenvalue weighted by Gasteiger charge is 2.27. The average molecular weight is 432 g/mol. The fourth-order valence-corrected chi connectivity index (χ4v) is 3.69. The van der Waals surface area contributed by atoms with Crippen LogP contribution in [0.15, 0.2) is 36.4 Å². The molecule has 2 aromatic carbocycles. The highest BCUT2D eigenvalue weighted by molar-refractivity contribution is 6.42. The van der Waals surface area contributed by atoms with Crippen LogP contribution in [0.25, 0.3) is 0 Å². The van der Waals surface area contributed by atoms with E-state index in [0.717, 1.165) is 5.56 Å². The maximum Gasteiger partial charge on any atom is 0.257 e. The van der Waals surface area contributed by atoms with Crippen LogP contribution in [-0.2, 0) is 4.79 Å². The summed E-state index contributed by atoms with van der Waals surface area (Å²) in [6, 6.07) is 12.1. The summed E-state index contributed by atoms with van der Waals surface area (Å²) in [6.45, 7) is 1.10. The molecule has 6 nitrogen and oxygen atoms in total. The Morgan fingerprint density at radius 2 is 2.07 bits per heavy atom. The summed E-state index contributed by atoms with van der Waals surface area (Å²) in [6.07, 6.45) is 0.652. The number of carbonyl (C=O) groups is 2. The van der Waals surface area contributed by atoms with Gasteiger partial charge in [0.2, 0.25) is 5.91 Å². The lowest BCUT2D eigenvalue weighted by Gasteiger charge is -2.30. The first kappa shape index (κ1) is 21.0. The monoisotopic (exact) mass is 431 g/mol. The van der Waals surface area contributed by atoms with Crippen molar-refractivity contribution in [1.82, 2.24) is 4.90 Å². The summed E-state index contributed by atoms with van der Waals surface area (Å²) in [5, 5.41) is 10.1. The van der Waals surface area contributed by atoms with Gasteiger partial charge in [0.05, 0.1) is 27.8 Å². The molecule has 2 N–H and O–H groups in total. The molecular weight excluding hydrogens is 413 g/mol. The summed E-state index contributed by atoms with van der Waals surface area (Å²) >= 11 is 12.1. The number of primary amides is 1. The fourth-order valence-electron chi connectivity index (χ4n) is 3.39. The number of nitriles is 1. The number of fused-ring (bicyclic) bond motifs is 1. The van der Waals surface area contributed by atoms with Gasteiger partial charge < -0.3 is 15.4 Å². The molecule has 0 radical (unpaired) electrons. The van der Waals surface area contributed by atoms with Gasteiger partial charge in [-0.05, 0) is 36.2 Å². The Kier molecular flexibility index (Phi) is 6.63. The summed E-state index contributed by atoms with van der Waals surface area (Å²) in [4.78, 5) is 26.5.